The van der Waals surface area contributed by atoms with Crippen LogP contribution in [0.5, 0.6) is 0 Å². The number of aromatic nitrogens is 5. The number of imidazole rings is 1. The molecule has 0 saturated heterocycles. The largest absolute Gasteiger partial charge is 0.381 e. The van der Waals surface area contributed by atoms with Crippen LogP contribution in [0.1, 0.15) is 54.8 Å². The summed E-state index contributed by atoms with van der Waals surface area (Å²) in [5, 5.41) is 3.54. The molecule has 4 heterocycles. The van der Waals surface area contributed by atoms with E-state index >= 15 is 0 Å². The van der Waals surface area contributed by atoms with Crippen molar-refractivity contribution in [2.75, 3.05) is 7.11 Å². The summed E-state index contributed by atoms with van der Waals surface area (Å²) in [6.07, 6.45) is 8.31. The molecule has 5 rings (SSSR count). The van der Waals surface area contributed by atoms with Gasteiger partial charge in [-0.25, -0.2) is 9.97 Å². The lowest BCUT2D eigenvalue weighted by Crippen LogP contribution is -2.43. The molecule has 1 amide bonds. The summed E-state index contributed by atoms with van der Waals surface area (Å²) in [5.41, 5.74) is 3.52. The quantitative estimate of drug-likeness (QED) is 0.350. The summed E-state index contributed by atoms with van der Waals surface area (Å²) in [6.45, 7) is 4.39. The molecule has 1 aliphatic carbocycles. The summed E-state index contributed by atoms with van der Waals surface area (Å²) >= 11 is 7.17. The topological polar surface area (TPSA) is 94.8 Å². The zero-order valence-electron chi connectivity index (χ0n) is 20.5. The molecule has 0 spiro atoms. The Bertz CT molecular complexity index is 1360. The Morgan fingerprint density at radius 2 is 2.06 bits per heavy atom. The number of halogens is 1. The van der Waals surface area contributed by atoms with Crippen molar-refractivity contribution in [3.63, 3.8) is 0 Å². The first-order valence-corrected chi connectivity index (χ1v) is 13.3. The minimum Gasteiger partial charge on any atom is -0.381 e. The molecular weight excluding hydrogens is 496 g/mol. The second-order valence-corrected chi connectivity index (χ2v) is 11.3. The molecule has 1 fully saturated rings. The fraction of sp³-hybridized carbons (Fsp3) is 0.423. The number of methoxy groups -OCH3 is 1. The maximum Gasteiger partial charge on any atom is 0.280 e. The van der Waals surface area contributed by atoms with E-state index in [2.05, 4.69) is 44.7 Å². The Morgan fingerprint density at radius 1 is 1.19 bits per heavy atom. The molecule has 188 valence electrons. The van der Waals surface area contributed by atoms with Gasteiger partial charge in [0.25, 0.3) is 5.91 Å². The first kappa shape index (κ1) is 24.8. The van der Waals surface area contributed by atoms with Gasteiger partial charge in [0.15, 0.2) is 5.01 Å². The van der Waals surface area contributed by atoms with Crippen LogP contribution in [0, 0.1) is 5.92 Å². The normalized spacial score (nSPS) is 20.2. The maximum absolute atomic E-state index is 12.8. The van der Waals surface area contributed by atoms with Gasteiger partial charge in [-0.15, -0.1) is 0 Å². The molecular formula is C26H29ClN6O2S. The highest BCUT2D eigenvalue weighted by molar-refractivity contribution is 7.17. The Balaban J connectivity index is 1.51. The van der Waals surface area contributed by atoms with Gasteiger partial charge < -0.3 is 14.6 Å². The molecule has 4 aromatic heterocycles. The van der Waals surface area contributed by atoms with E-state index in [1.165, 1.54) is 17.5 Å². The van der Waals surface area contributed by atoms with Crippen molar-refractivity contribution in [1.29, 1.82) is 0 Å². The number of carbonyl (C=O) groups excluding carboxylic acids is 1. The number of hydrogen-bond donors (Lipinski definition) is 1. The lowest BCUT2D eigenvalue weighted by Gasteiger charge is -2.36. The van der Waals surface area contributed by atoms with Crippen molar-refractivity contribution < 1.29 is 9.53 Å². The van der Waals surface area contributed by atoms with Crippen LogP contribution in [0.2, 0.25) is 4.34 Å². The third-order valence-electron chi connectivity index (χ3n) is 6.51. The van der Waals surface area contributed by atoms with E-state index in [1.807, 2.05) is 24.4 Å². The second-order valence-electron chi connectivity index (χ2n) is 9.63. The van der Waals surface area contributed by atoms with Gasteiger partial charge in [0, 0.05) is 31.8 Å². The average molecular weight is 525 g/mol. The first-order chi connectivity index (χ1) is 17.4. The van der Waals surface area contributed by atoms with Crippen LogP contribution in [-0.2, 0) is 11.2 Å². The van der Waals surface area contributed by atoms with E-state index in [1.54, 1.807) is 13.3 Å². The molecule has 0 radical (unpaired) electrons. The number of pyridine rings is 2. The fourth-order valence-corrected chi connectivity index (χ4v) is 5.80. The summed E-state index contributed by atoms with van der Waals surface area (Å²) in [4.78, 5) is 31.1. The molecule has 10 heteroatoms. The average Bonchev–Trinajstić information content (AvgIpc) is 3.46. The van der Waals surface area contributed by atoms with E-state index < -0.39 is 0 Å². The number of rotatable bonds is 7. The van der Waals surface area contributed by atoms with Crippen LogP contribution in [0.15, 0.2) is 42.9 Å². The number of nitrogens with zero attached hydrogens (tertiary/aromatic N) is 5. The lowest BCUT2D eigenvalue weighted by molar-refractivity contribution is 0.0390. The molecule has 1 aliphatic rings. The molecule has 0 aromatic carbocycles. The number of carbonyl (C=O) groups is 1. The lowest BCUT2D eigenvalue weighted by atomic mass is 9.88. The zero-order valence-corrected chi connectivity index (χ0v) is 22.1. The molecule has 1 N–H and O–H groups in total. The Hall–Kier alpha value is -2.88. The predicted molar refractivity (Wildman–Crippen MR) is 141 cm³/mol. The number of hydrogen-bond acceptors (Lipinski definition) is 7. The van der Waals surface area contributed by atoms with Gasteiger partial charge in [0.1, 0.15) is 15.7 Å². The molecule has 4 aromatic rings. The van der Waals surface area contributed by atoms with E-state index in [9.17, 15) is 4.79 Å². The van der Waals surface area contributed by atoms with Gasteiger partial charge in [-0.2, -0.15) is 0 Å². The van der Waals surface area contributed by atoms with Gasteiger partial charge in [-0.05, 0) is 43.4 Å². The van der Waals surface area contributed by atoms with E-state index in [-0.39, 0.29) is 24.1 Å². The Kier molecular flexibility index (Phi) is 7.32. The van der Waals surface area contributed by atoms with Crippen LogP contribution >= 0.6 is 22.9 Å². The number of amides is 1. The van der Waals surface area contributed by atoms with Crippen molar-refractivity contribution >= 4 is 39.9 Å². The van der Waals surface area contributed by atoms with Crippen molar-refractivity contribution in [2.45, 2.75) is 57.7 Å². The summed E-state index contributed by atoms with van der Waals surface area (Å²) in [7, 11) is 1.73. The number of thiazole rings is 1. The standard InChI is InChI=1S/C26H29ClN6O2S/c1-15(2)8-24-32-21-13-29-20(19-6-4-5-7-28-19)12-22(21)33(24)17-9-16(10-18(11-17)35-3)31-25(34)26-30-14-23(27)36-26/h4-7,12-18H,8-11H2,1-3H3,(H,31,34)/t16-,17+,18+/m1/s1. The van der Waals surface area contributed by atoms with E-state index in [0.717, 1.165) is 53.9 Å². The highest BCUT2D eigenvalue weighted by Crippen LogP contribution is 2.35. The fourth-order valence-electron chi connectivity index (χ4n) is 4.99. The summed E-state index contributed by atoms with van der Waals surface area (Å²) in [5.74, 6) is 1.26. The highest BCUT2D eigenvalue weighted by atomic mass is 35.5. The molecule has 0 aliphatic heterocycles. The van der Waals surface area contributed by atoms with Crippen LogP contribution < -0.4 is 5.32 Å². The predicted octanol–water partition coefficient (Wildman–Crippen LogP) is 5.34. The van der Waals surface area contributed by atoms with Crippen LogP contribution in [0.3, 0.4) is 0 Å². The van der Waals surface area contributed by atoms with Gasteiger partial charge in [0.05, 0.1) is 35.4 Å². The van der Waals surface area contributed by atoms with Gasteiger partial charge in [0.2, 0.25) is 0 Å². The summed E-state index contributed by atoms with van der Waals surface area (Å²) in [6, 6.07) is 7.94. The molecule has 8 nitrogen and oxygen atoms in total. The molecule has 0 unspecified atom stereocenters. The first-order valence-electron chi connectivity index (χ1n) is 12.1. The monoisotopic (exact) mass is 524 g/mol. The van der Waals surface area contributed by atoms with Gasteiger partial charge >= 0.3 is 0 Å². The second kappa shape index (κ2) is 10.6. The minimum atomic E-state index is -0.202. The minimum absolute atomic E-state index is 0.00961. The van der Waals surface area contributed by atoms with Crippen molar-refractivity contribution in [2.24, 2.45) is 5.92 Å². The van der Waals surface area contributed by atoms with E-state index in [0.29, 0.717) is 15.3 Å². The van der Waals surface area contributed by atoms with Crippen LogP contribution in [0.4, 0.5) is 0 Å². The van der Waals surface area contributed by atoms with Crippen LogP contribution in [0.25, 0.3) is 22.4 Å². The zero-order chi connectivity index (χ0) is 25.2. The van der Waals surface area contributed by atoms with Crippen molar-refractivity contribution in [3.8, 4) is 11.4 Å². The third-order valence-corrected chi connectivity index (χ3v) is 7.63. The molecule has 3 atom stereocenters. The highest BCUT2D eigenvalue weighted by Gasteiger charge is 2.33. The van der Waals surface area contributed by atoms with Crippen molar-refractivity contribution in [1.82, 2.24) is 29.8 Å². The van der Waals surface area contributed by atoms with E-state index in [4.69, 9.17) is 21.3 Å². The van der Waals surface area contributed by atoms with Crippen molar-refractivity contribution in [3.05, 3.63) is 58.0 Å². The number of ether oxygens (including phenoxy) is 1. The third kappa shape index (κ3) is 5.28. The Labute approximate surface area is 219 Å². The number of nitrogens with one attached hydrogen (secondary N) is 1. The maximum atomic E-state index is 12.8. The smallest absolute Gasteiger partial charge is 0.280 e. The Morgan fingerprint density at radius 3 is 2.75 bits per heavy atom. The molecule has 1 saturated carbocycles. The summed E-state index contributed by atoms with van der Waals surface area (Å²) < 4.78 is 8.66. The van der Waals surface area contributed by atoms with Crippen LogP contribution in [-0.4, -0.2) is 49.7 Å². The molecule has 36 heavy (non-hydrogen) atoms. The van der Waals surface area contributed by atoms with Gasteiger partial charge in [-0.3, -0.25) is 14.8 Å². The van der Waals surface area contributed by atoms with Gasteiger partial charge in [-0.1, -0.05) is 42.9 Å². The molecule has 0 bridgehead atoms. The SMILES string of the molecule is CO[C@H]1C[C@H](NC(=O)c2ncc(Cl)s2)C[C@H](n2c(CC(C)C)nc3cnc(-c4ccccn4)cc32)C1. The number of fused-ring (bicyclic) bond motifs is 1.